The molecule has 1 rings (SSSR count). The van der Waals surface area contributed by atoms with Gasteiger partial charge in [0.15, 0.2) is 0 Å². The number of ether oxygens (including phenoxy) is 1. The number of carbonyl (C=O) groups excluding carboxylic acids is 3. The molecule has 1 N–H and O–H groups in total. The summed E-state index contributed by atoms with van der Waals surface area (Å²) in [5.74, 6) is -0.537. The normalized spacial score (nSPS) is 19.3. The first-order valence-electron chi connectivity index (χ1n) is 13.2. The molecule has 0 spiro atoms. The minimum atomic E-state index is -0.625. The van der Waals surface area contributed by atoms with E-state index >= 15 is 0 Å². The molecule has 1 heterocycles. The van der Waals surface area contributed by atoms with Crippen LogP contribution in [0.1, 0.15) is 87.5 Å². The van der Waals surface area contributed by atoms with E-state index in [1.807, 2.05) is 27.7 Å². The molecule has 1 aliphatic heterocycles. The Kier molecular flexibility index (Phi) is 12.9. The van der Waals surface area contributed by atoms with E-state index in [1.54, 1.807) is 31.9 Å². The highest BCUT2D eigenvalue weighted by atomic mass is 16.5. The number of esters is 1. The molecule has 7 heteroatoms. The van der Waals surface area contributed by atoms with E-state index in [1.165, 1.54) is 0 Å². The Bertz CT molecular complexity index is 700. The summed E-state index contributed by atoms with van der Waals surface area (Å²) in [6, 6.07) is -0.718. The summed E-state index contributed by atoms with van der Waals surface area (Å²) >= 11 is 0. The lowest BCUT2D eigenvalue weighted by Gasteiger charge is -2.41. The Labute approximate surface area is 207 Å². The fraction of sp³-hybridized carbons (Fsp3) is 0.815. The van der Waals surface area contributed by atoms with Crippen molar-refractivity contribution in [1.82, 2.24) is 15.1 Å². The SMILES string of the molecule is CCOC(=O)/C(C)=C/[C@H](C(C)C)N(C)C(=O)[C@@H](NC(=O)C1CCCCN1C(CC)CC)C(C)C. The van der Waals surface area contributed by atoms with Gasteiger partial charge in [0.1, 0.15) is 6.04 Å². The molecule has 0 aromatic carbocycles. The fourth-order valence-corrected chi connectivity index (χ4v) is 4.88. The van der Waals surface area contributed by atoms with Crippen molar-refractivity contribution in [3.8, 4) is 0 Å². The topological polar surface area (TPSA) is 79.0 Å². The van der Waals surface area contributed by atoms with E-state index < -0.39 is 6.04 Å². The molecular formula is C27H49N3O4. The maximum Gasteiger partial charge on any atom is 0.333 e. The highest BCUT2D eigenvalue weighted by molar-refractivity contribution is 5.91. The maximum absolute atomic E-state index is 13.6. The second kappa shape index (κ2) is 14.5. The predicted molar refractivity (Wildman–Crippen MR) is 137 cm³/mol. The molecule has 0 aliphatic carbocycles. The molecule has 34 heavy (non-hydrogen) atoms. The first-order chi connectivity index (χ1) is 16.0. The third-order valence-corrected chi connectivity index (χ3v) is 6.98. The third kappa shape index (κ3) is 8.10. The number of rotatable bonds is 12. The van der Waals surface area contributed by atoms with Crippen molar-refractivity contribution in [3.63, 3.8) is 0 Å². The first kappa shape index (κ1) is 30.1. The van der Waals surface area contributed by atoms with Gasteiger partial charge in [0.25, 0.3) is 0 Å². The third-order valence-electron chi connectivity index (χ3n) is 6.98. The summed E-state index contributed by atoms with van der Waals surface area (Å²) in [7, 11) is 1.75. The van der Waals surface area contributed by atoms with Gasteiger partial charge in [0.05, 0.1) is 18.7 Å². The molecule has 0 bridgehead atoms. The lowest BCUT2D eigenvalue weighted by molar-refractivity contribution is -0.140. The summed E-state index contributed by atoms with van der Waals surface area (Å²) < 4.78 is 5.11. The molecule has 0 aromatic heterocycles. The van der Waals surface area contributed by atoms with E-state index in [-0.39, 0.29) is 41.7 Å². The van der Waals surface area contributed by atoms with Crippen LogP contribution >= 0.6 is 0 Å². The van der Waals surface area contributed by atoms with E-state index in [0.717, 1.165) is 38.6 Å². The van der Waals surface area contributed by atoms with Gasteiger partial charge in [-0.15, -0.1) is 0 Å². The van der Waals surface area contributed by atoms with Gasteiger partial charge < -0.3 is 15.0 Å². The van der Waals surface area contributed by atoms with Crippen LogP contribution in [0.2, 0.25) is 0 Å². The summed E-state index contributed by atoms with van der Waals surface area (Å²) in [5.41, 5.74) is 0.480. The fourth-order valence-electron chi connectivity index (χ4n) is 4.88. The molecule has 0 saturated carbocycles. The van der Waals surface area contributed by atoms with Crippen LogP contribution in [-0.2, 0) is 19.1 Å². The Morgan fingerprint density at radius 3 is 2.18 bits per heavy atom. The van der Waals surface area contributed by atoms with Crippen LogP contribution in [-0.4, -0.2) is 72.0 Å². The van der Waals surface area contributed by atoms with Gasteiger partial charge in [-0.05, 0) is 57.9 Å². The van der Waals surface area contributed by atoms with Crippen molar-refractivity contribution in [2.45, 2.75) is 112 Å². The van der Waals surface area contributed by atoms with Gasteiger partial charge in [-0.1, -0.05) is 54.0 Å². The molecule has 1 fully saturated rings. The van der Waals surface area contributed by atoms with Crippen LogP contribution in [0.3, 0.4) is 0 Å². The summed E-state index contributed by atoms with van der Waals surface area (Å²) in [5, 5.41) is 3.11. The Morgan fingerprint density at radius 2 is 1.68 bits per heavy atom. The van der Waals surface area contributed by atoms with E-state index in [4.69, 9.17) is 4.74 Å². The number of piperidine rings is 1. The second-order valence-corrected chi connectivity index (χ2v) is 10.2. The number of likely N-dealkylation sites (tertiary alicyclic amines) is 1. The van der Waals surface area contributed by atoms with Gasteiger partial charge in [-0.25, -0.2) is 4.79 Å². The standard InChI is InChI=1S/C27H49N3O4/c1-10-21(11-2)30-16-14-13-15-22(30)25(31)28-24(19(6)7)26(32)29(9)23(18(4)5)17-20(8)27(33)34-12-3/h17-19,21-24H,10-16H2,1-9H3,(H,28,31)/b20-17+/t22?,23-,24+/m1/s1. The molecule has 7 nitrogen and oxygen atoms in total. The largest absolute Gasteiger partial charge is 0.463 e. The molecular weight excluding hydrogens is 430 g/mol. The van der Waals surface area contributed by atoms with Crippen molar-refractivity contribution < 1.29 is 19.1 Å². The molecule has 196 valence electrons. The van der Waals surface area contributed by atoms with Crippen LogP contribution < -0.4 is 5.32 Å². The predicted octanol–water partition coefficient (Wildman–Crippen LogP) is 4.16. The summed E-state index contributed by atoms with van der Waals surface area (Å²) in [6.07, 6.45) is 6.79. The van der Waals surface area contributed by atoms with Crippen LogP contribution in [0.15, 0.2) is 11.6 Å². The van der Waals surface area contributed by atoms with Crippen molar-refractivity contribution in [2.75, 3.05) is 20.2 Å². The lowest BCUT2D eigenvalue weighted by Crippen LogP contribution is -2.59. The zero-order valence-electron chi connectivity index (χ0n) is 23.0. The second-order valence-electron chi connectivity index (χ2n) is 10.2. The van der Waals surface area contributed by atoms with E-state index in [2.05, 4.69) is 24.1 Å². The smallest absolute Gasteiger partial charge is 0.333 e. The number of likely N-dealkylation sites (N-methyl/N-ethyl adjacent to an activating group) is 1. The minimum Gasteiger partial charge on any atom is -0.463 e. The van der Waals surface area contributed by atoms with Crippen molar-refractivity contribution >= 4 is 17.8 Å². The number of nitrogens with one attached hydrogen (secondary N) is 1. The van der Waals surface area contributed by atoms with Crippen molar-refractivity contribution in [3.05, 3.63) is 11.6 Å². The van der Waals surface area contributed by atoms with Gasteiger partial charge >= 0.3 is 5.97 Å². The number of hydrogen-bond acceptors (Lipinski definition) is 5. The quantitative estimate of drug-likeness (QED) is 0.336. The van der Waals surface area contributed by atoms with Gasteiger partial charge in [-0.3, -0.25) is 14.5 Å². The van der Waals surface area contributed by atoms with Crippen LogP contribution in [0.5, 0.6) is 0 Å². The number of hydrogen-bond donors (Lipinski definition) is 1. The van der Waals surface area contributed by atoms with E-state index in [9.17, 15) is 14.4 Å². The average Bonchev–Trinajstić information content (AvgIpc) is 2.80. The van der Waals surface area contributed by atoms with Crippen molar-refractivity contribution in [1.29, 1.82) is 0 Å². The zero-order chi connectivity index (χ0) is 26.0. The number of nitrogens with zero attached hydrogens (tertiary/aromatic N) is 2. The molecule has 1 unspecified atom stereocenters. The number of carbonyl (C=O) groups is 3. The van der Waals surface area contributed by atoms with E-state index in [0.29, 0.717) is 18.2 Å². The molecule has 3 atom stereocenters. The monoisotopic (exact) mass is 479 g/mol. The van der Waals surface area contributed by atoms with Crippen LogP contribution in [0.25, 0.3) is 0 Å². The summed E-state index contributed by atoms with van der Waals surface area (Å²) in [6.45, 7) is 17.0. The molecule has 1 aliphatic rings. The Balaban J connectivity index is 3.09. The molecule has 0 radical (unpaired) electrons. The highest BCUT2D eigenvalue weighted by Crippen LogP contribution is 2.24. The maximum atomic E-state index is 13.6. The Morgan fingerprint density at radius 1 is 1.06 bits per heavy atom. The highest BCUT2D eigenvalue weighted by Gasteiger charge is 2.36. The first-order valence-corrected chi connectivity index (χ1v) is 13.2. The Hall–Kier alpha value is -1.89. The minimum absolute atomic E-state index is 0.0496. The van der Waals surface area contributed by atoms with Crippen LogP contribution in [0.4, 0.5) is 0 Å². The molecule has 1 saturated heterocycles. The van der Waals surface area contributed by atoms with Crippen LogP contribution in [0, 0.1) is 11.8 Å². The van der Waals surface area contributed by atoms with Gasteiger partial charge in [0, 0.05) is 18.7 Å². The van der Waals surface area contributed by atoms with Gasteiger partial charge in [-0.2, -0.15) is 0 Å². The molecule has 2 amide bonds. The van der Waals surface area contributed by atoms with Crippen molar-refractivity contribution in [2.24, 2.45) is 11.8 Å². The summed E-state index contributed by atoms with van der Waals surface area (Å²) in [4.78, 5) is 43.2. The zero-order valence-corrected chi connectivity index (χ0v) is 23.0. The molecule has 0 aromatic rings. The average molecular weight is 480 g/mol. The lowest BCUT2D eigenvalue weighted by atomic mass is 9.94. The number of amides is 2. The van der Waals surface area contributed by atoms with Gasteiger partial charge in [0.2, 0.25) is 11.8 Å².